The summed E-state index contributed by atoms with van der Waals surface area (Å²) in [5, 5.41) is 21.2. The van der Waals surface area contributed by atoms with E-state index in [-0.39, 0.29) is 6.10 Å². The molecule has 0 aliphatic heterocycles. The maximum atomic E-state index is 9.16. The molecule has 0 aromatic heterocycles. The summed E-state index contributed by atoms with van der Waals surface area (Å²) in [6, 6.07) is 5.69. The van der Waals surface area contributed by atoms with Crippen molar-refractivity contribution < 1.29 is 15.1 Å². The van der Waals surface area contributed by atoms with Crippen molar-refractivity contribution in [2.75, 3.05) is 6.61 Å². The van der Waals surface area contributed by atoms with Gasteiger partial charge < -0.3 is 15.1 Å². The summed E-state index contributed by atoms with van der Waals surface area (Å²) in [4.78, 5) is 0. The van der Waals surface area contributed by atoms with Crippen molar-refractivity contribution in [3.05, 3.63) is 29.3 Å². The van der Waals surface area contributed by atoms with Crippen LogP contribution in [0.4, 0.5) is 0 Å². The first-order chi connectivity index (χ1) is 8.04. The zero-order chi connectivity index (χ0) is 12.8. The Morgan fingerprint density at radius 1 is 1.47 bits per heavy atom. The second-order valence-corrected chi connectivity index (χ2v) is 4.17. The van der Waals surface area contributed by atoms with E-state index in [1.807, 2.05) is 25.1 Å². The molecule has 94 valence electrons. The molecule has 0 radical (unpaired) electrons. The van der Waals surface area contributed by atoms with E-state index in [1.165, 1.54) is 0 Å². The van der Waals surface area contributed by atoms with Gasteiger partial charge in [-0.15, -0.1) is 0 Å². The molecule has 2 N–H and O–H groups in total. The maximum absolute atomic E-state index is 9.16. The van der Waals surface area contributed by atoms with Crippen molar-refractivity contribution in [3.63, 3.8) is 0 Å². The highest BCUT2D eigenvalue weighted by atomic mass is 16.5. The zero-order valence-electron chi connectivity index (χ0n) is 10.5. The normalized spacial score (nSPS) is 13.5. The van der Waals surface area contributed by atoms with Crippen LogP contribution < -0.4 is 4.74 Å². The van der Waals surface area contributed by atoms with E-state index in [0.717, 1.165) is 11.1 Å². The highest BCUT2D eigenvalue weighted by molar-refractivity contribution is 6.00. The summed E-state index contributed by atoms with van der Waals surface area (Å²) in [6.07, 6.45) is 0.194. The molecular formula is C13H19NO3. The third-order valence-electron chi connectivity index (χ3n) is 2.47. The van der Waals surface area contributed by atoms with Gasteiger partial charge in [0.2, 0.25) is 0 Å². The molecular weight excluding hydrogens is 218 g/mol. The molecule has 0 saturated heterocycles. The first kappa shape index (κ1) is 13.5. The lowest BCUT2D eigenvalue weighted by Crippen LogP contribution is -2.09. The fraction of sp³-hybridized carbons (Fsp3) is 0.462. The molecule has 0 fully saturated rings. The van der Waals surface area contributed by atoms with Crippen molar-refractivity contribution in [3.8, 4) is 5.75 Å². The summed E-state index contributed by atoms with van der Waals surface area (Å²) in [6.45, 7) is 5.84. The Kier molecular flexibility index (Phi) is 4.97. The molecule has 1 unspecified atom stereocenters. The van der Waals surface area contributed by atoms with Crippen LogP contribution in [0.2, 0.25) is 0 Å². The largest absolute Gasteiger partial charge is 0.493 e. The summed E-state index contributed by atoms with van der Waals surface area (Å²) < 4.78 is 5.57. The van der Waals surface area contributed by atoms with Gasteiger partial charge in [0.25, 0.3) is 0 Å². The first-order valence-electron chi connectivity index (χ1n) is 5.65. The number of rotatable bonds is 5. The third-order valence-corrected chi connectivity index (χ3v) is 2.47. The van der Waals surface area contributed by atoms with Gasteiger partial charge >= 0.3 is 0 Å². The predicted molar refractivity (Wildman–Crippen MR) is 67.0 cm³/mol. The van der Waals surface area contributed by atoms with Crippen LogP contribution in [0.1, 0.15) is 31.4 Å². The van der Waals surface area contributed by atoms with Crippen LogP contribution in [0, 0.1) is 6.92 Å². The second-order valence-electron chi connectivity index (χ2n) is 4.17. The van der Waals surface area contributed by atoms with Gasteiger partial charge in [-0.05, 0) is 32.9 Å². The number of aliphatic hydroxyl groups excluding tert-OH is 1. The maximum Gasteiger partial charge on any atom is 0.128 e. The summed E-state index contributed by atoms with van der Waals surface area (Å²) in [5.41, 5.74) is 2.37. The van der Waals surface area contributed by atoms with Gasteiger partial charge in [0.15, 0.2) is 0 Å². The third kappa shape index (κ3) is 4.07. The number of nitrogens with zero attached hydrogens (tertiary/aromatic N) is 1. The molecule has 0 spiro atoms. The minimum absolute atomic E-state index is 0.378. The predicted octanol–water partition coefficient (Wildman–Crippen LogP) is 2.34. The smallest absolute Gasteiger partial charge is 0.128 e. The SMILES string of the molecule is C/C(=N\O)c1cc(C)ccc1OCCC(C)O. The molecule has 0 aliphatic rings. The average Bonchev–Trinajstić information content (AvgIpc) is 2.29. The topological polar surface area (TPSA) is 62.1 Å². The molecule has 1 rings (SSSR count). The molecule has 4 heteroatoms. The fourth-order valence-electron chi connectivity index (χ4n) is 1.45. The minimum atomic E-state index is -0.378. The summed E-state index contributed by atoms with van der Waals surface area (Å²) in [7, 11) is 0. The van der Waals surface area contributed by atoms with E-state index >= 15 is 0 Å². The van der Waals surface area contributed by atoms with E-state index in [1.54, 1.807) is 13.8 Å². The molecule has 4 nitrogen and oxygen atoms in total. The number of hydrogen-bond acceptors (Lipinski definition) is 4. The van der Waals surface area contributed by atoms with Crippen LogP contribution in [0.25, 0.3) is 0 Å². The van der Waals surface area contributed by atoms with Crippen molar-refractivity contribution in [1.82, 2.24) is 0 Å². The average molecular weight is 237 g/mol. The zero-order valence-corrected chi connectivity index (χ0v) is 10.5. The number of oxime groups is 1. The molecule has 0 saturated carbocycles. The van der Waals surface area contributed by atoms with Crippen molar-refractivity contribution in [1.29, 1.82) is 0 Å². The monoisotopic (exact) mass is 237 g/mol. The van der Waals surface area contributed by atoms with Gasteiger partial charge in [-0.3, -0.25) is 0 Å². The molecule has 0 amide bonds. The number of ether oxygens (including phenoxy) is 1. The van der Waals surface area contributed by atoms with E-state index in [0.29, 0.717) is 24.5 Å². The Labute approximate surface area is 102 Å². The van der Waals surface area contributed by atoms with E-state index < -0.39 is 0 Å². The van der Waals surface area contributed by atoms with Crippen LogP contribution in [-0.4, -0.2) is 28.7 Å². The van der Waals surface area contributed by atoms with E-state index in [9.17, 15) is 0 Å². The van der Waals surface area contributed by atoms with Gasteiger partial charge in [-0.1, -0.05) is 16.8 Å². The molecule has 0 aliphatic carbocycles. The highest BCUT2D eigenvalue weighted by Crippen LogP contribution is 2.21. The lowest BCUT2D eigenvalue weighted by molar-refractivity contribution is 0.155. The second kappa shape index (κ2) is 6.25. The Morgan fingerprint density at radius 2 is 2.18 bits per heavy atom. The quantitative estimate of drug-likeness (QED) is 0.469. The van der Waals surface area contributed by atoms with Gasteiger partial charge in [0.1, 0.15) is 5.75 Å². The minimum Gasteiger partial charge on any atom is -0.493 e. The Hall–Kier alpha value is -1.55. The van der Waals surface area contributed by atoms with Gasteiger partial charge in [-0.25, -0.2) is 0 Å². The van der Waals surface area contributed by atoms with Crippen molar-refractivity contribution in [2.24, 2.45) is 5.16 Å². The van der Waals surface area contributed by atoms with Crippen LogP contribution >= 0.6 is 0 Å². The lowest BCUT2D eigenvalue weighted by Gasteiger charge is -2.12. The van der Waals surface area contributed by atoms with Gasteiger partial charge in [0, 0.05) is 12.0 Å². The summed E-state index contributed by atoms with van der Waals surface area (Å²) >= 11 is 0. The summed E-state index contributed by atoms with van der Waals surface area (Å²) in [5.74, 6) is 0.673. The van der Waals surface area contributed by atoms with Gasteiger partial charge in [-0.2, -0.15) is 0 Å². The molecule has 1 aromatic carbocycles. The highest BCUT2D eigenvalue weighted by Gasteiger charge is 2.08. The Morgan fingerprint density at radius 3 is 2.76 bits per heavy atom. The Balaban J connectivity index is 2.83. The van der Waals surface area contributed by atoms with E-state index in [4.69, 9.17) is 15.1 Å². The van der Waals surface area contributed by atoms with Crippen LogP contribution in [0.5, 0.6) is 5.75 Å². The molecule has 1 atom stereocenters. The Bertz CT molecular complexity index is 400. The fourth-order valence-corrected chi connectivity index (χ4v) is 1.45. The molecule has 0 heterocycles. The standard InChI is InChI=1S/C13H19NO3/c1-9-4-5-13(17-7-6-10(2)15)12(8-9)11(3)14-16/h4-5,8,10,15-16H,6-7H2,1-3H3/b14-11+. The van der Waals surface area contributed by atoms with Crippen LogP contribution in [0.15, 0.2) is 23.4 Å². The molecule has 1 aromatic rings. The van der Waals surface area contributed by atoms with Gasteiger partial charge in [0.05, 0.1) is 18.4 Å². The van der Waals surface area contributed by atoms with Crippen molar-refractivity contribution >= 4 is 5.71 Å². The first-order valence-corrected chi connectivity index (χ1v) is 5.65. The number of aliphatic hydroxyl groups is 1. The lowest BCUT2D eigenvalue weighted by atomic mass is 10.1. The van der Waals surface area contributed by atoms with E-state index in [2.05, 4.69) is 5.16 Å². The number of hydrogen-bond donors (Lipinski definition) is 2. The van der Waals surface area contributed by atoms with Crippen LogP contribution in [-0.2, 0) is 0 Å². The number of benzene rings is 1. The number of aryl methyl sites for hydroxylation is 1. The van der Waals surface area contributed by atoms with Crippen LogP contribution in [0.3, 0.4) is 0 Å². The van der Waals surface area contributed by atoms with Crippen molar-refractivity contribution in [2.45, 2.75) is 33.3 Å². The molecule has 0 bridgehead atoms. The molecule has 17 heavy (non-hydrogen) atoms.